The molecule has 0 spiro atoms. The van der Waals surface area contributed by atoms with Gasteiger partial charge in [-0.2, -0.15) is 4.31 Å². The molecule has 10 N–H and O–H groups in total. The van der Waals surface area contributed by atoms with Crippen LogP contribution in [-0.4, -0.2) is 128 Å². The highest BCUT2D eigenvalue weighted by Gasteiger charge is 2.58. The Kier molecular flexibility index (Phi) is 10.1. The van der Waals surface area contributed by atoms with Gasteiger partial charge in [0.25, 0.3) is 0 Å². The van der Waals surface area contributed by atoms with Gasteiger partial charge >= 0.3 is 14.6 Å². The maximum atomic E-state index is 12.8. The predicted molar refractivity (Wildman–Crippen MR) is 144 cm³/mol. The number of imidazole rings is 1. The SMILES string of the molecule is C=C(C)[C@@]1(O)[C@H](O)[C@@H](COP(=O)(S)OP(=O)(O)OC2OC([C@@H](O)CO)C(O)C(O)C2O)O[C@H]1n1cnc2c(N)ncnc21. The number of hydrogen-bond acceptors (Lipinski definition) is 18. The molecular weight excluding hydrogens is 644 g/mol. The number of nitrogen functional groups attached to an aromatic ring is 1. The summed E-state index contributed by atoms with van der Waals surface area (Å²) in [4.78, 5) is 22.1. The molecule has 0 saturated carbocycles. The molecule has 2 saturated heterocycles. The van der Waals surface area contributed by atoms with Crippen LogP contribution in [0.5, 0.6) is 0 Å². The molecule has 2 aliphatic heterocycles. The van der Waals surface area contributed by atoms with E-state index in [1.54, 1.807) is 0 Å². The van der Waals surface area contributed by atoms with Crippen molar-refractivity contribution in [2.75, 3.05) is 18.9 Å². The van der Waals surface area contributed by atoms with E-state index in [-0.39, 0.29) is 22.6 Å². The van der Waals surface area contributed by atoms with Crippen LogP contribution in [0.15, 0.2) is 24.8 Å². The molecule has 0 aromatic carbocycles. The highest BCUT2D eigenvalue weighted by atomic mass is 32.7. The smallest absolute Gasteiger partial charge is 0.394 e. The summed E-state index contributed by atoms with van der Waals surface area (Å²) >= 11 is 3.62. The molecule has 7 unspecified atom stereocenters. The van der Waals surface area contributed by atoms with Gasteiger partial charge in [-0.05, 0) is 12.5 Å². The third-order valence-corrected chi connectivity index (χ3v) is 10.4. The molecule has 2 aromatic heterocycles. The van der Waals surface area contributed by atoms with Crippen LogP contribution in [0, 0.1) is 0 Å². The third kappa shape index (κ3) is 6.68. The number of rotatable bonds is 11. The number of phosphoric acid groups is 1. The highest BCUT2D eigenvalue weighted by molar-refractivity contribution is 8.45. The van der Waals surface area contributed by atoms with E-state index in [2.05, 4.69) is 42.6 Å². The van der Waals surface area contributed by atoms with E-state index < -0.39 is 88.7 Å². The zero-order valence-corrected chi connectivity index (χ0v) is 24.8. The molecule has 2 fully saturated rings. The summed E-state index contributed by atoms with van der Waals surface area (Å²) in [5.74, 6) is 0.0294. The summed E-state index contributed by atoms with van der Waals surface area (Å²) in [6.07, 6.45) is -14.3. The summed E-state index contributed by atoms with van der Waals surface area (Å²) < 4.78 is 51.6. The van der Waals surface area contributed by atoms with Crippen LogP contribution in [0.25, 0.3) is 11.2 Å². The van der Waals surface area contributed by atoms with Gasteiger partial charge in [-0.15, -0.1) is 0 Å². The molecule has 0 radical (unpaired) electrons. The number of anilines is 1. The second-order valence-corrected chi connectivity index (χ2v) is 14.2. The maximum absolute atomic E-state index is 12.8. The lowest BCUT2D eigenvalue weighted by atomic mass is 9.87. The molecule has 20 nitrogen and oxygen atoms in total. The fourth-order valence-corrected chi connectivity index (χ4v) is 7.73. The average molecular weight is 676 g/mol. The first kappa shape index (κ1) is 34.3. The van der Waals surface area contributed by atoms with Crippen LogP contribution in [0.4, 0.5) is 5.82 Å². The largest absolute Gasteiger partial charge is 0.482 e. The van der Waals surface area contributed by atoms with E-state index in [1.165, 1.54) is 17.8 Å². The van der Waals surface area contributed by atoms with Gasteiger partial charge in [-0.3, -0.25) is 13.6 Å². The fraction of sp³-hybridized carbons (Fsp3) is 0.650. The zero-order valence-electron chi connectivity index (χ0n) is 22.1. The standard InChI is InChI=1S/C20H31N5O15P2S/c1-7(2)20(32)15(31)9(37-19(20)25-6-24-10-16(21)22-5-23-17(10)25)4-36-42(35,43)40-41(33,34)39-18-13(30)11(28)12(29)14(38-18)8(27)3-26/h5-6,8-9,11-15,18-19,26-32H,1,3-4H2,2H3,(H,33,34)(H,35,43)(H2,21,22,23)/t8-,9+,11?,12?,13?,14?,15+,18?,19+,20+,42?/m0/s1. The van der Waals surface area contributed by atoms with Crippen molar-refractivity contribution in [1.29, 1.82) is 0 Å². The minimum atomic E-state index is -5.52. The molecule has 2 aromatic rings. The Bertz CT molecular complexity index is 1440. The van der Waals surface area contributed by atoms with Gasteiger partial charge in [-0.25, -0.2) is 24.1 Å². The lowest BCUT2D eigenvalue weighted by molar-refractivity contribution is -0.292. The quantitative estimate of drug-likeness (QED) is 0.0659. The van der Waals surface area contributed by atoms with Crippen molar-refractivity contribution in [3.63, 3.8) is 0 Å². The van der Waals surface area contributed by atoms with Gasteiger partial charge in [0, 0.05) is 0 Å². The molecule has 4 rings (SSSR count). The molecule has 242 valence electrons. The Balaban J connectivity index is 1.46. The summed E-state index contributed by atoms with van der Waals surface area (Å²) in [6, 6.07) is 0. The number of aliphatic hydroxyl groups is 7. The molecule has 4 heterocycles. The first-order valence-corrected chi connectivity index (χ1v) is 16.5. The number of hydrogen-bond donors (Lipinski definition) is 10. The summed E-state index contributed by atoms with van der Waals surface area (Å²) in [5.41, 5.74) is 3.96. The van der Waals surface area contributed by atoms with Crippen molar-refractivity contribution >= 4 is 43.9 Å². The van der Waals surface area contributed by atoms with Gasteiger partial charge in [0.1, 0.15) is 54.6 Å². The molecular formula is C20H31N5O15P2S. The van der Waals surface area contributed by atoms with Gasteiger partial charge in [0.05, 0.1) is 19.5 Å². The monoisotopic (exact) mass is 675 g/mol. The first-order valence-electron chi connectivity index (χ1n) is 12.3. The van der Waals surface area contributed by atoms with E-state index in [1.807, 2.05) is 0 Å². The van der Waals surface area contributed by atoms with Crippen molar-refractivity contribution < 1.29 is 72.6 Å². The van der Waals surface area contributed by atoms with Crippen molar-refractivity contribution in [3.05, 3.63) is 24.8 Å². The Morgan fingerprint density at radius 1 is 1.21 bits per heavy atom. The molecule has 23 heteroatoms. The van der Waals surface area contributed by atoms with Crippen molar-refractivity contribution in [2.45, 2.75) is 67.8 Å². The minimum Gasteiger partial charge on any atom is -0.394 e. The second-order valence-electron chi connectivity index (χ2n) is 9.77. The topological polar surface area (TPSA) is 312 Å². The van der Waals surface area contributed by atoms with Crippen LogP contribution < -0.4 is 5.73 Å². The average Bonchev–Trinajstić information content (AvgIpc) is 3.46. The van der Waals surface area contributed by atoms with Crippen LogP contribution in [0.2, 0.25) is 0 Å². The van der Waals surface area contributed by atoms with E-state index in [9.17, 15) is 44.7 Å². The zero-order chi connectivity index (χ0) is 32.1. The fourth-order valence-electron chi connectivity index (χ4n) is 4.54. The van der Waals surface area contributed by atoms with Crippen molar-refractivity contribution in [3.8, 4) is 0 Å². The number of ether oxygens (including phenoxy) is 2. The Labute approximate surface area is 247 Å². The van der Waals surface area contributed by atoms with Crippen LogP contribution in [-0.2, 0) is 32.0 Å². The van der Waals surface area contributed by atoms with E-state index in [4.69, 9.17) is 24.8 Å². The lowest BCUT2D eigenvalue weighted by Gasteiger charge is -2.41. The first-order chi connectivity index (χ1) is 19.9. The summed E-state index contributed by atoms with van der Waals surface area (Å²) in [6.45, 7) is -1.58. The third-order valence-electron chi connectivity index (χ3n) is 6.82. The summed E-state index contributed by atoms with van der Waals surface area (Å²) in [7, 11) is -5.52. The van der Waals surface area contributed by atoms with Gasteiger partial charge in [0.2, 0.25) is 0 Å². The predicted octanol–water partition coefficient (Wildman–Crippen LogP) is -2.68. The molecule has 0 amide bonds. The number of aliphatic hydroxyl groups excluding tert-OH is 6. The van der Waals surface area contributed by atoms with E-state index >= 15 is 0 Å². The normalized spacial score (nSPS) is 36.7. The van der Waals surface area contributed by atoms with Gasteiger partial charge in [-0.1, -0.05) is 18.8 Å². The van der Waals surface area contributed by atoms with Gasteiger partial charge in [0.15, 0.2) is 29.6 Å². The number of aromatic nitrogens is 4. The number of nitrogens with zero attached hydrogens (tertiary/aromatic N) is 4. The van der Waals surface area contributed by atoms with E-state index in [0.29, 0.717) is 0 Å². The number of thiol groups is 1. The number of nitrogens with two attached hydrogens (primary N) is 1. The molecule has 0 bridgehead atoms. The Hall–Kier alpha value is -1.62. The second kappa shape index (κ2) is 12.6. The molecule has 2 aliphatic rings. The maximum Gasteiger partial charge on any atom is 0.482 e. The number of fused-ring (bicyclic) bond motifs is 1. The van der Waals surface area contributed by atoms with Crippen molar-refractivity contribution in [2.24, 2.45) is 0 Å². The minimum absolute atomic E-state index is 0.0294. The number of phosphoric ester groups is 1. The van der Waals surface area contributed by atoms with Crippen LogP contribution in [0.3, 0.4) is 0 Å². The molecule has 12 atom stereocenters. The summed E-state index contributed by atoms with van der Waals surface area (Å²) in [5, 5.41) is 71.3. The van der Waals surface area contributed by atoms with Crippen LogP contribution in [0.1, 0.15) is 13.2 Å². The lowest BCUT2D eigenvalue weighted by Crippen LogP contribution is -2.61. The van der Waals surface area contributed by atoms with Crippen LogP contribution >= 0.6 is 26.9 Å². The Morgan fingerprint density at radius 2 is 1.88 bits per heavy atom. The van der Waals surface area contributed by atoms with Crippen molar-refractivity contribution in [1.82, 2.24) is 19.5 Å². The van der Waals surface area contributed by atoms with Gasteiger partial charge < -0.3 is 55.8 Å². The molecule has 0 aliphatic carbocycles. The van der Waals surface area contributed by atoms with E-state index in [0.717, 1.165) is 6.33 Å². The highest BCUT2D eigenvalue weighted by Crippen LogP contribution is 2.66. The molecule has 43 heavy (non-hydrogen) atoms. The Morgan fingerprint density at radius 3 is 2.51 bits per heavy atom.